The Balaban J connectivity index is 1.20. The molecule has 0 aliphatic heterocycles. The average Bonchev–Trinajstić information content (AvgIpc) is 3.63. The van der Waals surface area contributed by atoms with Crippen molar-refractivity contribution in [1.29, 1.82) is 0 Å². The molecule has 11 aromatic carbocycles. The smallest absolute Gasteiger partial charge is 0.0714 e. The van der Waals surface area contributed by atoms with Crippen molar-refractivity contribution in [2.75, 3.05) is 4.90 Å². The van der Waals surface area contributed by atoms with Gasteiger partial charge in [-0.1, -0.05) is 206 Å². The maximum atomic E-state index is 2.52. The first kappa shape index (κ1) is 34.3. The number of hydrogen-bond donors (Lipinski definition) is 0. The standard InChI is InChI=1S/C59H39N/c1-4-19-41(20-5-1)58-46-25-11-10-18-40(46)32-37-57(58)60(44-33-35-51-49-28-13-12-26-47(49)48-27-14-15-29-50(48)54(51)38-44)45-34-36-53-52-30-16-17-31-55(52)59(56(53)39-45,42-21-6-2-7-22-42)43-23-8-3-9-24-43/h1-39H. The minimum atomic E-state index is -0.528. The van der Waals surface area contributed by atoms with E-state index in [2.05, 4.69) is 241 Å². The van der Waals surface area contributed by atoms with Crippen molar-refractivity contribution in [2.45, 2.75) is 5.41 Å². The molecule has 11 aromatic rings. The zero-order valence-corrected chi connectivity index (χ0v) is 33.0. The van der Waals surface area contributed by atoms with Gasteiger partial charge < -0.3 is 4.90 Å². The molecule has 0 N–H and O–H groups in total. The first-order chi connectivity index (χ1) is 29.8. The minimum Gasteiger partial charge on any atom is -0.310 e. The van der Waals surface area contributed by atoms with E-state index in [0.717, 1.165) is 17.1 Å². The van der Waals surface area contributed by atoms with Gasteiger partial charge in [0.15, 0.2) is 0 Å². The molecule has 1 aliphatic rings. The number of hydrogen-bond acceptors (Lipinski definition) is 1. The Kier molecular flexibility index (Phi) is 7.83. The minimum absolute atomic E-state index is 0.528. The van der Waals surface area contributed by atoms with Gasteiger partial charge in [-0.25, -0.2) is 0 Å². The van der Waals surface area contributed by atoms with Crippen LogP contribution in [0.3, 0.4) is 0 Å². The molecule has 60 heavy (non-hydrogen) atoms. The molecule has 1 nitrogen and oxygen atoms in total. The summed E-state index contributed by atoms with van der Waals surface area (Å²) in [5, 5.41) is 10.0. The molecule has 0 amide bonds. The predicted octanol–water partition coefficient (Wildman–Crippen LogP) is 15.8. The highest BCUT2D eigenvalue weighted by Gasteiger charge is 2.46. The van der Waals surface area contributed by atoms with Crippen molar-refractivity contribution in [2.24, 2.45) is 0 Å². The van der Waals surface area contributed by atoms with Crippen LogP contribution in [0.2, 0.25) is 0 Å². The van der Waals surface area contributed by atoms with Gasteiger partial charge in [0.25, 0.3) is 0 Å². The topological polar surface area (TPSA) is 3.24 Å². The van der Waals surface area contributed by atoms with Crippen LogP contribution in [-0.4, -0.2) is 0 Å². The lowest BCUT2D eigenvalue weighted by Crippen LogP contribution is -2.28. The molecule has 280 valence electrons. The molecule has 0 spiro atoms. The Morgan fingerprint density at radius 2 is 0.783 bits per heavy atom. The largest absolute Gasteiger partial charge is 0.310 e. The average molecular weight is 762 g/mol. The Morgan fingerprint density at radius 1 is 0.300 bits per heavy atom. The molecule has 0 atom stereocenters. The highest BCUT2D eigenvalue weighted by molar-refractivity contribution is 6.26. The second kappa shape index (κ2) is 13.7. The summed E-state index contributed by atoms with van der Waals surface area (Å²) >= 11 is 0. The zero-order valence-electron chi connectivity index (χ0n) is 33.0. The van der Waals surface area contributed by atoms with Crippen molar-refractivity contribution in [1.82, 2.24) is 0 Å². The maximum Gasteiger partial charge on any atom is 0.0714 e. The van der Waals surface area contributed by atoms with Crippen LogP contribution >= 0.6 is 0 Å². The van der Waals surface area contributed by atoms with Gasteiger partial charge in [-0.15, -0.1) is 0 Å². The van der Waals surface area contributed by atoms with Crippen molar-refractivity contribution >= 4 is 60.2 Å². The lowest BCUT2D eigenvalue weighted by Gasteiger charge is -2.35. The van der Waals surface area contributed by atoms with Crippen LogP contribution in [0, 0.1) is 0 Å². The number of nitrogens with zero attached hydrogens (tertiary/aromatic N) is 1. The molecule has 0 unspecified atom stereocenters. The first-order valence-electron chi connectivity index (χ1n) is 20.8. The van der Waals surface area contributed by atoms with Gasteiger partial charge in [-0.2, -0.15) is 0 Å². The van der Waals surface area contributed by atoms with Gasteiger partial charge in [0.05, 0.1) is 11.1 Å². The van der Waals surface area contributed by atoms with Gasteiger partial charge >= 0.3 is 0 Å². The van der Waals surface area contributed by atoms with Crippen LogP contribution in [0.25, 0.3) is 65.3 Å². The normalized spacial score (nSPS) is 12.8. The van der Waals surface area contributed by atoms with Crippen molar-refractivity contribution in [3.63, 3.8) is 0 Å². The van der Waals surface area contributed by atoms with E-state index in [-0.39, 0.29) is 0 Å². The van der Waals surface area contributed by atoms with Crippen molar-refractivity contribution < 1.29 is 0 Å². The van der Waals surface area contributed by atoms with Gasteiger partial charge in [-0.3, -0.25) is 0 Å². The van der Waals surface area contributed by atoms with Crippen LogP contribution < -0.4 is 4.90 Å². The van der Waals surface area contributed by atoms with Crippen molar-refractivity contribution in [3.8, 4) is 22.3 Å². The summed E-state index contributed by atoms with van der Waals surface area (Å²) in [5.74, 6) is 0. The third kappa shape index (κ3) is 5.06. The van der Waals surface area contributed by atoms with Crippen LogP contribution in [0.5, 0.6) is 0 Å². The summed E-state index contributed by atoms with van der Waals surface area (Å²) in [6.45, 7) is 0. The van der Waals surface area contributed by atoms with Crippen LogP contribution in [0.4, 0.5) is 17.1 Å². The number of anilines is 3. The molecule has 0 heterocycles. The highest BCUT2D eigenvalue weighted by atomic mass is 15.1. The highest BCUT2D eigenvalue weighted by Crippen LogP contribution is 2.58. The molecule has 0 radical (unpaired) electrons. The van der Waals surface area contributed by atoms with E-state index >= 15 is 0 Å². The van der Waals surface area contributed by atoms with Crippen LogP contribution in [0.1, 0.15) is 22.3 Å². The van der Waals surface area contributed by atoms with E-state index < -0.39 is 5.41 Å². The number of fused-ring (bicyclic) bond motifs is 10. The third-order valence-corrected chi connectivity index (χ3v) is 12.9. The lowest BCUT2D eigenvalue weighted by atomic mass is 9.67. The maximum absolute atomic E-state index is 2.52. The zero-order chi connectivity index (χ0) is 39.6. The molecular weight excluding hydrogens is 723 g/mol. The Morgan fingerprint density at radius 3 is 1.45 bits per heavy atom. The fourth-order valence-electron chi connectivity index (χ4n) is 10.4. The van der Waals surface area contributed by atoms with Gasteiger partial charge in [0.1, 0.15) is 0 Å². The number of benzene rings is 11. The van der Waals surface area contributed by atoms with Crippen molar-refractivity contribution in [3.05, 3.63) is 259 Å². The van der Waals surface area contributed by atoms with E-state index in [4.69, 9.17) is 0 Å². The number of rotatable bonds is 6. The molecule has 12 rings (SSSR count). The molecule has 0 bridgehead atoms. The second-order valence-corrected chi connectivity index (χ2v) is 16.0. The summed E-state index contributed by atoms with van der Waals surface area (Å²) in [5.41, 5.74) is 12.8. The van der Waals surface area contributed by atoms with Gasteiger partial charge in [-0.05, 0) is 112 Å². The van der Waals surface area contributed by atoms with E-state index in [1.165, 1.54) is 87.6 Å². The van der Waals surface area contributed by atoms with E-state index in [0.29, 0.717) is 0 Å². The fraction of sp³-hybridized carbons (Fsp3) is 0.0169. The summed E-state index contributed by atoms with van der Waals surface area (Å²) < 4.78 is 0. The second-order valence-electron chi connectivity index (χ2n) is 16.0. The fourth-order valence-corrected chi connectivity index (χ4v) is 10.4. The quantitative estimate of drug-likeness (QED) is 0.153. The summed E-state index contributed by atoms with van der Waals surface area (Å²) in [7, 11) is 0. The summed E-state index contributed by atoms with van der Waals surface area (Å²) in [6.07, 6.45) is 0. The first-order valence-corrected chi connectivity index (χ1v) is 20.8. The van der Waals surface area contributed by atoms with E-state index in [1.807, 2.05) is 0 Å². The molecular formula is C59H39N. The Hall–Kier alpha value is -7.74. The van der Waals surface area contributed by atoms with Gasteiger partial charge in [0, 0.05) is 16.9 Å². The van der Waals surface area contributed by atoms with Crippen LogP contribution in [0.15, 0.2) is 237 Å². The lowest BCUT2D eigenvalue weighted by molar-refractivity contribution is 0.768. The van der Waals surface area contributed by atoms with E-state index in [9.17, 15) is 0 Å². The van der Waals surface area contributed by atoms with Gasteiger partial charge in [0.2, 0.25) is 0 Å². The predicted molar refractivity (Wildman–Crippen MR) is 254 cm³/mol. The van der Waals surface area contributed by atoms with E-state index in [1.54, 1.807) is 0 Å². The molecule has 0 aromatic heterocycles. The third-order valence-electron chi connectivity index (χ3n) is 12.9. The summed E-state index contributed by atoms with van der Waals surface area (Å²) in [6, 6.07) is 87.5. The van der Waals surface area contributed by atoms with Crippen LogP contribution in [-0.2, 0) is 5.41 Å². The molecule has 1 aliphatic carbocycles. The molecule has 1 heteroatoms. The monoisotopic (exact) mass is 761 g/mol. The Bertz CT molecular complexity index is 3350. The molecule has 0 fully saturated rings. The molecule has 0 saturated carbocycles. The Labute approximate surface area is 350 Å². The molecule has 0 saturated heterocycles. The SMILES string of the molecule is c1ccc(-c2c(N(c3ccc4c(c3)C(c3ccccc3)(c3ccccc3)c3ccccc3-4)c3ccc4c5ccccc5c5ccccc5c4c3)ccc3ccccc23)cc1. The summed E-state index contributed by atoms with van der Waals surface area (Å²) in [4.78, 5) is 2.52.